The summed E-state index contributed by atoms with van der Waals surface area (Å²) < 4.78 is 0. The summed E-state index contributed by atoms with van der Waals surface area (Å²) in [4.78, 5) is 13.2. The predicted octanol–water partition coefficient (Wildman–Crippen LogP) is 0.0485. The minimum absolute atomic E-state index is 0.339. The molecule has 0 aromatic heterocycles. The van der Waals surface area contributed by atoms with Crippen LogP contribution in [-0.4, -0.2) is 48.4 Å². The first-order chi connectivity index (χ1) is 6.83. The van der Waals surface area contributed by atoms with Crippen molar-refractivity contribution < 1.29 is 10.0 Å². The van der Waals surface area contributed by atoms with Gasteiger partial charge in [-0.25, -0.2) is 0 Å². The Labute approximate surface area is 83.8 Å². The Kier molecular flexibility index (Phi) is 4.99. The summed E-state index contributed by atoms with van der Waals surface area (Å²) in [5, 5.41) is 13.3. The molecule has 1 amide bonds. The predicted molar refractivity (Wildman–Crippen MR) is 53.6 cm³/mol. The second-order valence-corrected chi connectivity index (χ2v) is 3.44. The molecule has 0 aromatic carbocycles. The largest absolute Gasteiger partial charge is 0.411 e. The van der Waals surface area contributed by atoms with E-state index in [4.69, 9.17) is 5.21 Å². The molecule has 1 aliphatic heterocycles. The van der Waals surface area contributed by atoms with Crippen LogP contribution in [0.2, 0.25) is 0 Å². The summed E-state index contributed by atoms with van der Waals surface area (Å²) >= 11 is 0. The molecular formula is C9H17N3O2. The van der Waals surface area contributed by atoms with Gasteiger partial charge < -0.3 is 15.4 Å². The van der Waals surface area contributed by atoms with Gasteiger partial charge in [0.1, 0.15) is 6.21 Å². The lowest BCUT2D eigenvalue weighted by Gasteiger charge is -2.13. The van der Waals surface area contributed by atoms with E-state index in [0.29, 0.717) is 6.54 Å². The van der Waals surface area contributed by atoms with Crippen molar-refractivity contribution in [1.82, 2.24) is 10.2 Å². The highest BCUT2D eigenvalue weighted by Crippen LogP contribution is 2.06. The molecule has 1 rings (SSSR count). The van der Waals surface area contributed by atoms with Crippen LogP contribution >= 0.6 is 0 Å². The molecule has 14 heavy (non-hydrogen) atoms. The van der Waals surface area contributed by atoms with Gasteiger partial charge in [0.25, 0.3) is 5.91 Å². The van der Waals surface area contributed by atoms with E-state index in [2.05, 4.69) is 15.4 Å². The van der Waals surface area contributed by atoms with Gasteiger partial charge in [-0.15, -0.1) is 0 Å². The van der Waals surface area contributed by atoms with Crippen LogP contribution in [-0.2, 0) is 4.79 Å². The van der Waals surface area contributed by atoms with E-state index >= 15 is 0 Å². The Bertz CT molecular complexity index is 200. The lowest BCUT2D eigenvalue weighted by molar-refractivity contribution is -0.114. The Morgan fingerprint density at radius 1 is 1.50 bits per heavy atom. The molecule has 0 saturated carbocycles. The third-order valence-electron chi connectivity index (χ3n) is 2.32. The summed E-state index contributed by atoms with van der Waals surface area (Å²) in [6, 6.07) is 0. The van der Waals surface area contributed by atoms with Gasteiger partial charge in [0.05, 0.1) is 0 Å². The molecule has 0 radical (unpaired) electrons. The topological polar surface area (TPSA) is 64.9 Å². The Balaban J connectivity index is 1.95. The van der Waals surface area contributed by atoms with Crippen LogP contribution in [0, 0.1) is 0 Å². The van der Waals surface area contributed by atoms with E-state index in [1.54, 1.807) is 0 Å². The zero-order chi connectivity index (χ0) is 10.2. The third-order valence-corrected chi connectivity index (χ3v) is 2.32. The number of amides is 1. The Morgan fingerprint density at radius 3 is 2.86 bits per heavy atom. The number of nitrogens with zero attached hydrogens (tertiary/aromatic N) is 2. The number of carbonyl (C=O) groups excluding carboxylic acids is 1. The van der Waals surface area contributed by atoms with Crippen LogP contribution in [0.25, 0.3) is 0 Å². The van der Waals surface area contributed by atoms with Crippen LogP contribution in [0.4, 0.5) is 0 Å². The van der Waals surface area contributed by atoms with Gasteiger partial charge in [-0.1, -0.05) is 5.16 Å². The first-order valence-corrected chi connectivity index (χ1v) is 5.00. The highest BCUT2D eigenvalue weighted by molar-refractivity contribution is 6.25. The lowest BCUT2D eigenvalue weighted by Crippen LogP contribution is -2.29. The molecule has 1 aliphatic rings. The van der Waals surface area contributed by atoms with Gasteiger partial charge in [-0.05, 0) is 38.9 Å². The molecule has 80 valence electrons. The van der Waals surface area contributed by atoms with Crippen molar-refractivity contribution in [2.45, 2.75) is 19.3 Å². The van der Waals surface area contributed by atoms with Gasteiger partial charge >= 0.3 is 0 Å². The van der Waals surface area contributed by atoms with Crippen molar-refractivity contribution in [3.63, 3.8) is 0 Å². The summed E-state index contributed by atoms with van der Waals surface area (Å²) in [6.45, 7) is 4.05. The van der Waals surface area contributed by atoms with Crippen LogP contribution in [0.15, 0.2) is 5.16 Å². The van der Waals surface area contributed by atoms with Gasteiger partial charge in [0, 0.05) is 6.54 Å². The SMILES string of the molecule is O=C(/C=N/O)NCCCN1CCCC1. The number of hydrogen-bond donors (Lipinski definition) is 2. The molecule has 5 heteroatoms. The normalized spacial score (nSPS) is 17.7. The molecule has 0 unspecified atom stereocenters. The monoisotopic (exact) mass is 199 g/mol. The fourth-order valence-electron chi connectivity index (χ4n) is 1.62. The minimum Gasteiger partial charge on any atom is -0.411 e. The summed E-state index contributed by atoms with van der Waals surface area (Å²) in [7, 11) is 0. The average molecular weight is 199 g/mol. The molecule has 1 heterocycles. The fourth-order valence-corrected chi connectivity index (χ4v) is 1.62. The van der Waals surface area contributed by atoms with Crippen molar-refractivity contribution in [1.29, 1.82) is 0 Å². The van der Waals surface area contributed by atoms with E-state index in [1.165, 1.54) is 25.9 Å². The second-order valence-electron chi connectivity index (χ2n) is 3.44. The smallest absolute Gasteiger partial charge is 0.265 e. The highest BCUT2D eigenvalue weighted by atomic mass is 16.4. The number of hydrogen-bond acceptors (Lipinski definition) is 4. The van der Waals surface area contributed by atoms with Crippen molar-refractivity contribution in [3.8, 4) is 0 Å². The highest BCUT2D eigenvalue weighted by Gasteiger charge is 2.10. The first kappa shape index (κ1) is 11.0. The van der Waals surface area contributed by atoms with E-state index in [1.807, 2.05) is 0 Å². The molecule has 2 N–H and O–H groups in total. The molecule has 0 spiro atoms. The van der Waals surface area contributed by atoms with Crippen molar-refractivity contribution in [2.75, 3.05) is 26.2 Å². The fraction of sp³-hybridized carbons (Fsp3) is 0.778. The number of oxime groups is 1. The van der Waals surface area contributed by atoms with Crippen molar-refractivity contribution in [2.24, 2.45) is 5.16 Å². The molecule has 0 bridgehead atoms. The third kappa shape index (κ3) is 4.23. The zero-order valence-corrected chi connectivity index (χ0v) is 8.28. The van der Waals surface area contributed by atoms with Crippen LogP contribution in [0.3, 0.4) is 0 Å². The van der Waals surface area contributed by atoms with Crippen molar-refractivity contribution in [3.05, 3.63) is 0 Å². The maximum atomic E-state index is 10.8. The minimum atomic E-state index is -0.339. The van der Waals surface area contributed by atoms with Gasteiger partial charge in [-0.2, -0.15) is 0 Å². The van der Waals surface area contributed by atoms with E-state index in [-0.39, 0.29) is 5.91 Å². The molecule has 1 fully saturated rings. The molecule has 5 nitrogen and oxygen atoms in total. The average Bonchev–Trinajstić information content (AvgIpc) is 2.65. The molecule has 0 aromatic rings. The number of rotatable bonds is 5. The zero-order valence-electron chi connectivity index (χ0n) is 8.28. The maximum absolute atomic E-state index is 10.8. The molecular weight excluding hydrogens is 182 g/mol. The quantitative estimate of drug-likeness (QED) is 0.284. The maximum Gasteiger partial charge on any atom is 0.265 e. The number of carbonyl (C=O) groups is 1. The number of likely N-dealkylation sites (tertiary alicyclic amines) is 1. The van der Waals surface area contributed by atoms with E-state index < -0.39 is 0 Å². The Morgan fingerprint density at radius 2 is 2.21 bits per heavy atom. The van der Waals surface area contributed by atoms with Gasteiger partial charge in [0.15, 0.2) is 0 Å². The Hall–Kier alpha value is -1.10. The first-order valence-electron chi connectivity index (χ1n) is 5.00. The molecule has 1 saturated heterocycles. The van der Waals surface area contributed by atoms with Crippen molar-refractivity contribution >= 4 is 12.1 Å². The number of nitrogens with one attached hydrogen (secondary N) is 1. The molecule has 0 atom stereocenters. The van der Waals surface area contributed by atoms with E-state index in [9.17, 15) is 4.79 Å². The summed E-state index contributed by atoms with van der Waals surface area (Å²) in [6.07, 6.45) is 4.41. The van der Waals surface area contributed by atoms with E-state index in [0.717, 1.165) is 19.2 Å². The second kappa shape index (κ2) is 6.37. The van der Waals surface area contributed by atoms with Crippen LogP contribution in [0.1, 0.15) is 19.3 Å². The van der Waals surface area contributed by atoms with Gasteiger partial charge in [-0.3, -0.25) is 4.79 Å². The summed E-state index contributed by atoms with van der Waals surface area (Å²) in [5.41, 5.74) is 0. The summed E-state index contributed by atoms with van der Waals surface area (Å²) in [5.74, 6) is -0.339. The van der Waals surface area contributed by atoms with Crippen LogP contribution < -0.4 is 5.32 Å². The standard InChI is InChI=1S/C9H17N3O2/c13-9(8-11-14)10-4-3-7-12-5-1-2-6-12/h8,14H,1-7H2,(H,10,13)/b11-8+. The lowest BCUT2D eigenvalue weighted by atomic mass is 10.4. The van der Waals surface area contributed by atoms with Gasteiger partial charge in [0.2, 0.25) is 0 Å². The van der Waals surface area contributed by atoms with Crippen LogP contribution in [0.5, 0.6) is 0 Å². The molecule has 0 aliphatic carbocycles.